The van der Waals surface area contributed by atoms with Crippen molar-refractivity contribution >= 4 is 57.4 Å². The van der Waals surface area contributed by atoms with Crippen LogP contribution in [0.2, 0.25) is 10.0 Å². The number of carbonyl (C=O) groups excluding carboxylic acids is 2. The van der Waals surface area contributed by atoms with Gasteiger partial charge < -0.3 is 33.0 Å². The summed E-state index contributed by atoms with van der Waals surface area (Å²) < 4.78 is 93.9. The Labute approximate surface area is 315 Å². The summed E-state index contributed by atoms with van der Waals surface area (Å²) in [5, 5.41) is 10.6. The lowest BCUT2D eigenvalue weighted by Crippen LogP contribution is -2.37. The Morgan fingerprint density at radius 3 is 2.07 bits per heavy atom. The normalized spacial score (nSPS) is 11.5. The number of urea groups is 1. The van der Waals surface area contributed by atoms with Gasteiger partial charge >= 0.3 is 34.5 Å². The van der Waals surface area contributed by atoms with E-state index < -0.39 is 46.1 Å². The number of aliphatic carboxylic acids is 1. The average molecular weight is 822 g/mol. The molecule has 0 fully saturated rings. The molecule has 0 unspecified atom stereocenters. The Balaban J connectivity index is 0.000000290. The van der Waals surface area contributed by atoms with Gasteiger partial charge in [-0.3, -0.25) is 5.32 Å². The highest BCUT2D eigenvalue weighted by Gasteiger charge is 2.31. The van der Waals surface area contributed by atoms with Crippen LogP contribution in [-0.4, -0.2) is 68.4 Å². The minimum atomic E-state index is -4.56. The highest BCUT2D eigenvalue weighted by Crippen LogP contribution is 2.37. The number of carbonyl (C=O) groups is 3. The van der Waals surface area contributed by atoms with Crippen molar-refractivity contribution in [1.82, 2.24) is 14.7 Å². The molecule has 1 aromatic heterocycles. The number of carboxylic acid groups (broad SMARTS) is 1. The average Bonchev–Trinajstić information content (AvgIpc) is 3.09. The first kappa shape index (κ1) is 42.7. The second-order valence-electron chi connectivity index (χ2n) is 10.0. The molecule has 0 aliphatic carbocycles. The number of hydrogen-bond donors (Lipinski definition) is 3. The fourth-order valence-electron chi connectivity index (χ4n) is 3.73. The molecule has 290 valence electrons. The molecule has 0 saturated carbocycles. The molecule has 0 radical (unpaired) electrons. The van der Waals surface area contributed by atoms with Gasteiger partial charge in [0.1, 0.15) is 11.5 Å². The molecular formula is C32H29Cl2F3N4O12S. The summed E-state index contributed by atoms with van der Waals surface area (Å²) >= 11 is 11.7. The number of rotatable bonds is 13. The molecule has 0 spiro atoms. The van der Waals surface area contributed by atoms with E-state index in [2.05, 4.69) is 15.3 Å². The lowest BCUT2D eigenvalue weighted by atomic mass is 10.2. The molecule has 2 amide bonds. The van der Waals surface area contributed by atoms with E-state index in [-0.39, 0.29) is 56.3 Å². The van der Waals surface area contributed by atoms with Gasteiger partial charge in [-0.15, -0.1) is 0 Å². The summed E-state index contributed by atoms with van der Waals surface area (Å²) in [5.41, 5.74) is -1.12. The van der Waals surface area contributed by atoms with Crippen molar-refractivity contribution < 1.29 is 68.9 Å². The van der Waals surface area contributed by atoms with E-state index in [0.717, 1.165) is 25.1 Å². The highest BCUT2D eigenvalue weighted by atomic mass is 35.5. The standard InChI is InChI=1S/C17H11Cl2F3O5.C15H18N4O7S/c1-8(15(23)24)26-16(25)11-7-10(3-4-12(11)18)27-14-5-2-9(6-13(14)19)17(20,21)22;1-4-25-10-7-5-6-8-11(10)26-27(21,22)19-15(20)18-14-16-12(23-2)9-13(17-14)24-3/h2-8H,1H3,(H,23,24);5-9H,4H2,1-3H3,(H2,16,17,18,19,20)/t8-;/m0./s1. The third-order valence-electron chi connectivity index (χ3n) is 6.17. The van der Waals surface area contributed by atoms with Crippen LogP contribution in [0.3, 0.4) is 0 Å². The third-order valence-corrected chi connectivity index (χ3v) is 7.62. The zero-order valence-corrected chi connectivity index (χ0v) is 30.6. The summed E-state index contributed by atoms with van der Waals surface area (Å²) in [6, 6.07) is 12.7. The molecule has 0 saturated heterocycles. The van der Waals surface area contributed by atoms with E-state index in [1.807, 2.05) is 0 Å². The number of amides is 2. The number of anilines is 1. The maximum atomic E-state index is 12.7. The monoisotopic (exact) mass is 820 g/mol. The maximum absolute atomic E-state index is 12.7. The predicted octanol–water partition coefficient (Wildman–Crippen LogP) is 6.77. The number of methoxy groups -OCH3 is 2. The van der Waals surface area contributed by atoms with Crippen molar-refractivity contribution in [2.24, 2.45) is 0 Å². The molecule has 16 nitrogen and oxygen atoms in total. The minimum absolute atomic E-state index is 0.0246. The molecule has 0 aliphatic rings. The highest BCUT2D eigenvalue weighted by molar-refractivity contribution is 7.85. The molecule has 3 aromatic carbocycles. The molecule has 54 heavy (non-hydrogen) atoms. The van der Waals surface area contributed by atoms with Crippen LogP contribution in [0.1, 0.15) is 29.8 Å². The Morgan fingerprint density at radius 1 is 0.889 bits per heavy atom. The van der Waals surface area contributed by atoms with Crippen molar-refractivity contribution in [2.75, 3.05) is 26.1 Å². The van der Waals surface area contributed by atoms with E-state index in [0.29, 0.717) is 12.7 Å². The van der Waals surface area contributed by atoms with Crippen LogP contribution in [0.15, 0.2) is 66.7 Å². The first-order valence-electron chi connectivity index (χ1n) is 14.9. The number of halogens is 5. The molecule has 1 atom stereocenters. The smallest absolute Gasteiger partial charge is 0.416 e. The zero-order valence-electron chi connectivity index (χ0n) is 28.3. The number of aromatic nitrogens is 2. The van der Waals surface area contributed by atoms with Crippen LogP contribution < -0.4 is 33.2 Å². The van der Waals surface area contributed by atoms with E-state index in [9.17, 15) is 36.0 Å². The number of ether oxygens (including phenoxy) is 5. The number of carboxylic acids is 1. The predicted molar refractivity (Wildman–Crippen MR) is 185 cm³/mol. The van der Waals surface area contributed by atoms with Gasteiger partial charge in [-0.25, -0.2) is 19.1 Å². The van der Waals surface area contributed by atoms with Gasteiger partial charge in [-0.05, 0) is 62.4 Å². The number of para-hydroxylation sites is 2. The summed E-state index contributed by atoms with van der Waals surface area (Å²) in [7, 11) is -1.76. The summed E-state index contributed by atoms with van der Waals surface area (Å²) in [6.07, 6.45) is -5.96. The van der Waals surface area contributed by atoms with Crippen LogP contribution in [0.4, 0.5) is 23.9 Å². The first-order chi connectivity index (χ1) is 25.3. The van der Waals surface area contributed by atoms with Crippen LogP contribution in [0.5, 0.6) is 34.8 Å². The zero-order chi connectivity index (χ0) is 40.2. The van der Waals surface area contributed by atoms with Crippen LogP contribution >= 0.6 is 23.2 Å². The number of hydrogen-bond acceptors (Lipinski definition) is 13. The molecule has 4 aromatic rings. The number of benzene rings is 3. The molecule has 0 aliphatic heterocycles. The number of alkyl halides is 3. The fraction of sp³-hybridized carbons (Fsp3) is 0.219. The van der Waals surface area contributed by atoms with Crippen molar-refractivity contribution in [1.29, 1.82) is 0 Å². The Hall–Kier alpha value is -5.73. The summed E-state index contributed by atoms with van der Waals surface area (Å²) in [4.78, 5) is 42.5. The molecule has 4 rings (SSSR count). The fourth-order valence-corrected chi connectivity index (χ4v) is 4.84. The Morgan fingerprint density at radius 2 is 1.52 bits per heavy atom. The van der Waals surface area contributed by atoms with Gasteiger partial charge in [0.15, 0.2) is 17.6 Å². The van der Waals surface area contributed by atoms with Crippen molar-refractivity contribution in [3.05, 3.63) is 87.9 Å². The van der Waals surface area contributed by atoms with Crippen molar-refractivity contribution in [2.45, 2.75) is 26.1 Å². The lowest BCUT2D eigenvalue weighted by molar-refractivity contribution is -0.146. The number of nitrogens with zero attached hydrogens (tertiary/aromatic N) is 2. The molecule has 22 heteroatoms. The van der Waals surface area contributed by atoms with Gasteiger partial charge in [0.2, 0.25) is 17.7 Å². The SMILES string of the molecule is CCOc1ccccc1OS(=O)(=O)NC(=O)Nc1nc(OC)cc(OC)n1.C[C@H](OC(=O)c1cc(Oc2ccc(C(F)(F)F)cc2Cl)ccc1Cl)C(=O)O. The minimum Gasteiger partial charge on any atom is -0.490 e. The van der Waals surface area contributed by atoms with E-state index in [4.69, 9.17) is 56.2 Å². The van der Waals surface area contributed by atoms with Crippen molar-refractivity contribution in [3.63, 3.8) is 0 Å². The Kier molecular flexibility index (Phi) is 14.9. The topological polar surface area (TPSA) is 211 Å². The largest absolute Gasteiger partial charge is 0.490 e. The number of nitrogens with one attached hydrogen (secondary N) is 2. The number of esters is 1. The Bertz CT molecular complexity index is 2070. The van der Waals surface area contributed by atoms with Crippen LogP contribution in [0.25, 0.3) is 0 Å². The summed E-state index contributed by atoms with van der Waals surface area (Å²) in [5.74, 6) is -2.24. The van der Waals surface area contributed by atoms with Crippen LogP contribution in [0, 0.1) is 0 Å². The van der Waals surface area contributed by atoms with Gasteiger partial charge in [0, 0.05) is 0 Å². The van der Waals surface area contributed by atoms with E-state index in [1.54, 1.807) is 23.8 Å². The van der Waals surface area contributed by atoms with E-state index in [1.165, 1.54) is 44.6 Å². The molecular weight excluding hydrogens is 792 g/mol. The quantitative estimate of drug-likeness (QED) is 0.119. The van der Waals surface area contributed by atoms with Gasteiger partial charge in [-0.1, -0.05) is 35.3 Å². The second kappa shape index (κ2) is 18.9. The van der Waals surface area contributed by atoms with Gasteiger partial charge in [0.05, 0.1) is 48.1 Å². The summed E-state index contributed by atoms with van der Waals surface area (Å²) in [6.45, 7) is 3.21. The first-order valence-corrected chi connectivity index (χ1v) is 17.0. The van der Waals surface area contributed by atoms with Crippen molar-refractivity contribution in [3.8, 4) is 34.8 Å². The third kappa shape index (κ3) is 12.7. The second-order valence-corrected chi connectivity index (χ2v) is 12.1. The van der Waals surface area contributed by atoms with Crippen LogP contribution in [-0.2, 0) is 26.0 Å². The lowest BCUT2D eigenvalue weighted by Gasteiger charge is -2.13. The molecule has 0 bridgehead atoms. The molecule has 3 N–H and O–H groups in total. The van der Waals surface area contributed by atoms with E-state index >= 15 is 0 Å². The van der Waals surface area contributed by atoms with Gasteiger partial charge in [0.25, 0.3) is 0 Å². The molecule has 1 heterocycles. The van der Waals surface area contributed by atoms with Gasteiger partial charge in [-0.2, -0.15) is 31.6 Å². The maximum Gasteiger partial charge on any atom is 0.416 e.